The van der Waals surface area contributed by atoms with E-state index in [9.17, 15) is 0 Å². The van der Waals surface area contributed by atoms with Crippen molar-refractivity contribution in [1.29, 1.82) is 0 Å². The zero-order valence-electron chi connectivity index (χ0n) is 10.4. The Balaban J connectivity index is 1.84. The molecule has 0 spiro atoms. The summed E-state index contributed by atoms with van der Waals surface area (Å²) in [5.74, 6) is 0.510. The van der Waals surface area contributed by atoms with Gasteiger partial charge in [0.15, 0.2) is 5.65 Å². The molecule has 0 radical (unpaired) electrons. The second-order valence-corrected chi connectivity index (χ2v) is 4.12. The molecule has 0 atom stereocenters. The fourth-order valence-electron chi connectivity index (χ4n) is 1.79. The van der Waals surface area contributed by atoms with E-state index in [0.29, 0.717) is 23.5 Å². The average Bonchev–Trinajstić information content (AvgIpc) is 2.90. The summed E-state index contributed by atoms with van der Waals surface area (Å²) in [7, 11) is 0. The van der Waals surface area contributed by atoms with Gasteiger partial charge in [-0.3, -0.25) is 0 Å². The topological polar surface area (TPSA) is 79.2 Å². The SMILES string of the molecule is Cc1ccccc1CN=Nc1ncnc2nc[nH]c12. The molecular formula is C13H12N6. The highest BCUT2D eigenvalue weighted by atomic mass is 15.2. The summed E-state index contributed by atoms with van der Waals surface area (Å²) < 4.78 is 0. The van der Waals surface area contributed by atoms with Crippen LogP contribution in [0.25, 0.3) is 11.2 Å². The van der Waals surface area contributed by atoms with Gasteiger partial charge in [-0.25, -0.2) is 15.0 Å². The minimum absolute atomic E-state index is 0.510. The van der Waals surface area contributed by atoms with E-state index >= 15 is 0 Å². The number of hydrogen-bond donors (Lipinski definition) is 1. The number of nitrogens with zero attached hydrogens (tertiary/aromatic N) is 5. The van der Waals surface area contributed by atoms with E-state index in [1.165, 1.54) is 11.9 Å². The van der Waals surface area contributed by atoms with Crippen molar-refractivity contribution in [1.82, 2.24) is 19.9 Å². The molecular weight excluding hydrogens is 240 g/mol. The van der Waals surface area contributed by atoms with Gasteiger partial charge in [-0.2, -0.15) is 5.11 Å². The average molecular weight is 252 g/mol. The van der Waals surface area contributed by atoms with Crippen LogP contribution in [0.2, 0.25) is 0 Å². The maximum absolute atomic E-state index is 4.19. The minimum Gasteiger partial charge on any atom is -0.340 e. The number of imidazole rings is 1. The molecule has 0 unspecified atom stereocenters. The molecule has 94 valence electrons. The summed E-state index contributed by atoms with van der Waals surface area (Å²) in [4.78, 5) is 15.1. The Morgan fingerprint density at radius 2 is 2.05 bits per heavy atom. The zero-order chi connectivity index (χ0) is 13.1. The van der Waals surface area contributed by atoms with Crippen LogP contribution in [0.15, 0.2) is 47.1 Å². The molecule has 1 N–H and O–H groups in total. The smallest absolute Gasteiger partial charge is 0.203 e. The highest BCUT2D eigenvalue weighted by Gasteiger charge is 2.04. The van der Waals surface area contributed by atoms with Crippen LogP contribution in [0.4, 0.5) is 5.82 Å². The Morgan fingerprint density at radius 1 is 1.16 bits per heavy atom. The van der Waals surface area contributed by atoms with E-state index < -0.39 is 0 Å². The number of benzene rings is 1. The van der Waals surface area contributed by atoms with E-state index in [1.807, 2.05) is 18.2 Å². The summed E-state index contributed by atoms with van der Waals surface area (Å²) in [5, 5.41) is 8.33. The molecule has 0 bridgehead atoms. The van der Waals surface area contributed by atoms with Gasteiger partial charge < -0.3 is 4.98 Å². The molecule has 19 heavy (non-hydrogen) atoms. The van der Waals surface area contributed by atoms with Crippen LogP contribution in [0, 0.1) is 6.92 Å². The Bertz CT molecular complexity index is 731. The van der Waals surface area contributed by atoms with Crippen LogP contribution in [-0.4, -0.2) is 19.9 Å². The first-order valence-corrected chi connectivity index (χ1v) is 5.90. The molecule has 0 saturated carbocycles. The molecule has 0 aliphatic rings. The lowest BCUT2D eigenvalue weighted by atomic mass is 10.1. The third-order valence-corrected chi connectivity index (χ3v) is 2.87. The summed E-state index contributed by atoms with van der Waals surface area (Å²) >= 11 is 0. The number of aryl methyl sites for hydroxylation is 1. The van der Waals surface area contributed by atoms with Gasteiger partial charge in [-0.05, 0) is 18.1 Å². The van der Waals surface area contributed by atoms with E-state index in [-0.39, 0.29) is 0 Å². The number of fused-ring (bicyclic) bond motifs is 1. The molecule has 0 aliphatic heterocycles. The number of aromatic nitrogens is 4. The van der Waals surface area contributed by atoms with E-state index in [2.05, 4.69) is 43.2 Å². The highest BCUT2D eigenvalue weighted by molar-refractivity contribution is 5.79. The van der Waals surface area contributed by atoms with Gasteiger partial charge in [0.1, 0.15) is 11.8 Å². The normalized spacial score (nSPS) is 11.4. The Hall–Kier alpha value is -2.63. The highest BCUT2D eigenvalue weighted by Crippen LogP contribution is 2.18. The number of azo groups is 1. The summed E-state index contributed by atoms with van der Waals surface area (Å²) in [6.45, 7) is 2.59. The second kappa shape index (κ2) is 4.93. The maximum atomic E-state index is 4.19. The number of nitrogens with one attached hydrogen (secondary N) is 1. The van der Waals surface area contributed by atoms with Gasteiger partial charge in [-0.15, -0.1) is 5.11 Å². The van der Waals surface area contributed by atoms with Gasteiger partial charge in [0.2, 0.25) is 5.82 Å². The van der Waals surface area contributed by atoms with Crippen molar-refractivity contribution in [2.24, 2.45) is 10.2 Å². The molecule has 6 heteroatoms. The summed E-state index contributed by atoms with van der Waals surface area (Å²) in [6.07, 6.45) is 3.00. The number of rotatable bonds is 3. The third kappa shape index (κ3) is 2.33. The van der Waals surface area contributed by atoms with Crippen molar-refractivity contribution in [3.05, 3.63) is 48.0 Å². The summed E-state index contributed by atoms with van der Waals surface area (Å²) in [5.41, 5.74) is 3.66. The number of aromatic amines is 1. The molecule has 0 aliphatic carbocycles. The Morgan fingerprint density at radius 3 is 2.95 bits per heavy atom. The van der Waals surface area contributed by atoms with Crippen LogP contribution in [-0.2, 0) is 6.54 Å². The van der Waals surface area contributed by atoms with Gasteiger partial charge in [0.05, 0.1) is 12.9 Å². The molecule has 3 aromatic rings. The van der Waals surface area contributed by atoms with Crippen molar-refractivity contribution < 1.29 is 0 Å². The number of hydrogen-bond acceptors (Lipinski definition) is 5. The van der Waals surface area contributed by atoms with Gasteiger partial charge in [-0.1, -0.05) is 24.3 Å². The lowest BCUT2D eigenvalue weighted by Crippen LogP contribution is -1.85. The first-order valence-electron chi connectivity index (χ1n) is 5.90. The fourth-order valence-corrected chi connectivity index (χ4v) is 1.79. The van der Waals surface area contributed by atoms with Crippen molar-refractivity contribution in [2.75, 3.05) is 0 Å². The lowest BCUT2D eigenvalue weighted by Gasteiger charge is -1.99. The molecule has 1 aromatic carbocycles. The Kier molecular flexibility index (Phi) is 2.97. The lowest BCUT2D eigenvalue weighted by molar-refractivity contribution is 0.937. The first-order chi connectivity index (χ1) is 9.34. The third-order valence-electron chi connectivity index (χ3n) is 2.87. The fraction of sp³-hybridized carbons (Fsp3) is 0.154. The van der Waals surface area contributed by atoms with Crippen molar-refractivity contribution in [3.63, 3.8) is 0 Å². The molecule has 0 fully saturated rings. The minimum atomic E-state index is 0.510. The van der Waals surface area contributed by atoms with Crippen molar-refractivity contribution in [3.8, 4) is 0 Å². The Labute approximate surface area is 109 Å². The van der Waals surface area contributed by atoms with Gasteiger partial charge in [0.25, 0.3) is 0 Å². The largest absolute Gasteiger partial charge is 0.340 e. The predicted octanol–water partition coefficient (Wildman–Crippen LogP) is 2.95. The molecule has 0 saturated heterocycles. The number of H-pyrrole nitrogens is 1. The maximum Gasteiger partial charge on any atom is 0.203 e. The molecule has 6 nitrogen and oxygen atoms in total. The van der Waals surface area contributed by atoms with E-state index in [1.54, 1.807) is 6.33 Å². The summed E-state index contributed by atoms with van der Waals surface area (Å²) in [6, 6.07) is 8.10. The van der Waals surface area contributed by atoms with Crippen LogP contribution < -0.4 is 0 Å². The quantitative estimate of drug-likeness (QED) is 0.728. The second-order valence-electron chi connectivity index (χ2n) is 4.12. The van der Waals surface area contributed by atoms with E-state index in [4.69, 9.17) is 0 Å². The van der Waals surface area contributed by atoms with Gasteiger partial charge in [0, 0.05) is 0 Å². The predicted molar refractivity (Wildman–Crippen MR) is 71.1 cm³/mol. The van der Waals surface area contributed by atoms with Crippen molar-refractivity contribution >= 4 is 17.0 Å². The molecule has 2 heterocycles. The first kappa shape index (κ1) is 11.5. The molecule has 3 rings (SSSR count). The van der Waals surface area contributed by atoms with Gasteiger partial charge >= 0.3 is 0 Å². The van der Waals surface area contributed by atoms with Crippen molar-refractivity contribution in [2.45, 2.75) is 13.5 Å². The molecule has 0 amide bonds. The standard InChI is InChI=1S/C13H12N6/c1-9-4-2-3-5-10(9)6-18-19-13-11-12(15-7-14-11)16-8-17-13/h2-5,7-8H,6H2,1H3,(H,14,15,16,17). The van der Waals surface area contributed by atoms with Crippen LogP contribution in [0.3, 0.4) is 0 Å². The monoisotopic (exact) mass is 252 g/mol. The van der Waals surface area contributed by atoms with Crippen LogP contribution in [0.1, 0.15) is 11.1 Å². The van der Waals surface area contributed by atoms with Crippen LogP contribution in [0.5, 0.6) is 0 Å². The zero-order valence-corrected chi connectivity index (χ0v) is 10.4. The molecule has 2 aromatic heterocycles. The van der Waals surface area contributed by atoms with Crippen LogP contribution >= 0.6 is 0 Å². The van der Waals surface area contributed by atoms with E-state index in [0.717, 1.165) is 5.56 Å².